The molecule has 0 fully saturated rings. The molecule has 5 nitrogen and oxygen atoms in total. The van der Waals surface area contributed by atoms with Gasteiger partial charge in [-0.15, -0.1) is 0 Å². The van der Waals surface area contributed by atoms with Gasteiger partial charge in [-0.05, 0) is 30.3 Å². The maximum absolute atomic E-state index is 12.8. The summed E-state index contributed by atoms with van der Waals surface area (Å²) in [5.41, 5.74) is 6.48. The number of halogens is 3. The van der Waals surface area contributed by atoms with E-state index in [-0.39, 0.29) is 24.7 Å². The third kappa shape index (κ3) is 5.32. The summed E-state index contributed by atoms with van der Waals surface area (Å²) in [7, 11) is 0. The standard InChI is InChI=1S/C17H17F3N4O/c18-17(19,20)12-4-3-5-13(10-12)24-15-7-2-1-6-14(15)16(21)23-11-22-8-9-25/h1-7,10-11,24-25H,8-9H2,(H2,21,22,23). The lowest BCUT2D eigenvalue weighted by Crippen LogP contribution is -2.15. The first-order chi connectivity index (χ1) is 11.9. The Morgan fingerprint density at radius 2 is 1.92 bits per heavy atom. The van der Waals surface area contributed by atoms with E-state index in [4.69, 9.17) is 10.8 Å². The average Bonchev–Trinajstić information content (AvgIpc) is 2.58. The molecule has 0 aliphatic carbocycles. The van der Waals surface area contributed by atoms with Crippen LogP contribution in [0.25, 0.3) is 0 Å². The first kappa shape index (κ1) is 18.5. The van der Waals surface area contributed by atoms with Gasteiger partial charge in [0.25, 0.3) is 0 Å². The fraction of sp³-hybridized carbons (Fsp3) is 0.176. The average molecular weight is 350 g/mol. The number of hydrogen-bond acceptors (Lipinski definition) is 3. The number of nitrogens with one attached hydrogen (secondary N) is 1. The second kappa shape index (κ2) is 8.29. The van der Waals surface area contributed by atoms with Gasteiger partial charge >= 0.3 is 6.18 Å². The summed E-state index contributed by atoms with van der Waals surface area (Å²) in [6.07, 6.45) is -3.19. The number of benzene rings is 2. The summed E-state index contributed by atoms with van der Waals surface area (Å²) in [6, 6.07) is 11.7. The van der Waals surface area contributed by atoms with Crippen LogP contribution in [0.4, 0.5) is 24.5 Å². The van der Waals surface area contributed by atoms with Gasteiger partial charge in [0.2, 0.25) is 0 Å². The Kier molecular flexibility index (Phi) is 6.13. The molecule has 2 rings (SSSR count). The van der Waals surface area contributed by atoms with Gasteiger partial charge < -0.3 is 16.2 Å². The minimum atomic E-state index is -4.42. The van der Waals surface area contributed by atoms with Gasteiger partial charge in [0.1, 0.15) is 12.2 Å². The number of anilines is 2. The molecule has 0 aromatic heterocycles. The van der Waals surface area contributed by atoms with E-state index in [0.29, 0.717) is 11.3 Å². The van der Waals surface area contributed by atoms with E-state index in [1.807, 2.05) is 0 Å². The van der Waals surface area contributed by atoms with E-state index in [0.717, 1.165) is 12.1 Å². The minimum absolute atomic E-state index is 0.0976. The van der Waals surface area contributed by atoms with Crippen LogP contribution in [0.1, 0.15) is 11.1 Å². The lowest BCUT2D eigenvalue weighted by Gasteiger charge is -2.13. The Hall–Kier alpha value is -2.87. The molecule has 0 amide bonds. The maximum Gasteiger partial charge on any atom is 0.416 e. The number of alkyl halides is 3. The summed E-state index contributed by atoms with van der Waals surface area (Å²) < 4.78 is 38.5. The largest absolute Gasteiger partial charge is 0.416 e. The topological polar surface area (TPSA) is 83.0 Å². The van der Waals surface area contributed by atoms with Crippen LogP contribution in [0.3, 0.4) is 0 Å². The minimum Gasteiger partial charge on any atom is -0.394 e. The molecule has 2 aromatic carbocycles. The zero-order chi connectivity index (χ0) is 18.3. The van der Waals surface area contributed by atoms with E-state index < -0.39 is 11.7 Å². The molecule has 0 spiro atoms. The molecule has 0 saturated carbocycles. The van der Waals surface area contributed by atoms with Gasteiger partial charge in [0.05, 0.1) is 18.7 Å². The van der Waals surface area contributed by atoms with Crippen LogP contribution in [0.5, 0.6) is 0 Å². The third-order valence-corrected chi connectivity index (χ3v) is 3.18. The van der Waals surface area contributed by atoms with E-state index in [9.17, 15) is 13.2 Å². The van der Waals surface area contributed by atoms with E-state index in [1.54, 1.807) is 24.3 Å². The Morgan fingerprint density at radius 1 is 1.16 bits per heavy atom. The SMILES string of the molecule is NC(=NC=NCCO)c1ccccc1Nc1cccc(C(F)(F)F)c1. The van der Waals surface area contributed by atoms with Crippen LogP contribution in [0, 0.1) is 0 Å². The van der Waals surface area contributed by atoms with Crippen molar-refractivity contribution in [1.82, 2.24) is 0 Å². The summed E-state index contributed by atoms with van der Waals surface area (Å²) in [5.74, 6) is 0.150. The first-order valence-corrected chi connectivity index (χ1v) is 7.38. The van der Waals surface area contributed by atoms with Gasteiger partial charge in [0, 0.05) is 16.9 Å². The number of nitrogens with two attached hydrogens (primary N) is 1. The first-order valence-electron chi connectivity index (χ1n) is 7.38. The quantitative estimate of drug-likeness (QED) is 0.553. The fourth-order valence-electron chi connectivity index (χ4n) is 2.03. The molecule has 0 unspecified atom stereocenters. The summed E-state index contributed by atoms with van der Waals surface area (Å²) in [6.45, 7) is 0.112. The number of aliphatic hydroxyl groups is 1. The van der Waals surface area contributed by atoms with Crippen LogP contribution in [-0.2, 0) is 6.18 Å². The van der Waals surface area contributed by atoms with Crippen molar-refractivity contribution >= 4 is 23.5 Å². The van der Waals surface area contributed by atoms with E-state index in [2.05, 4.69) is 15.3 Å². The lowest BCUT2D eigenvalue weighted by molar-refractivity contribution is -0.137. The highest BCUT2D eigenvalue weighted by molar-refractivity contribution is 6.05. The molecule has 0 atom stereocenters. The second-order valence-electron chi connectivity index (χ2n) is 5.01. The maximum atomic E-state index is 12.8. The molecule has 0 saturated heterocycles. The van der Waals surface area contributed by atoms with Crippen LogP contribution >= 0.6 is 0 Å². The summed E-state index contributed by atoms with van der Waals surface area (Å²) >= 11 is 0. The number of aliphatic hydroxyl groups excluding tert-OH is 1. The van der Waals surface area contributed by atoms with Crippen molar-refractivity contribution in [2.24, 2.45) is 15.7 Å². The summed E-state index contributed by atoms with van der Waals surface area (Å²) in [4.78, 5) is 7.78. The normalized spacial score (nSPS) is 12.6. The number of rotatable bonds is 6. The van der Waals surface area contributed by atoms with Crippen molar-refractivity contribution < 1.29 is 18.3 Å². The smallest absolute Gasteiger partial charge is 0.394 e. The van der Waals surface area contributed by atoms with Crippen molar-refractivity contribution in [2.45, 2.75) is 6.18 Å². The van der Waals surface area contributed by atoms with Crippen molar-refractivity contribution in [3.05, 3.63) is 59.7 Å². The Morgan fingerprint density at radius 3 is 2.64 bits per heavy atom. The number of amidine groups is 1. The molecule has 2 aromatic rings. The van der Waals surface area contributed by atoms with Crippen LogP contribution in [0.2, 0.25) is 0 Å². The van der Waals surface area contributed by atoms with Crippen molar-refractivity contribution in [3.63, 3.8) is 0 Å². The molecule has 0 bridgehead atoms. The predicted octanol–water partition coefficient (Wildman–Crippen LogP) is 3.17. The van der Waals surface area contributed by atoms with E-state index >= 15 is 0 Å². The predicted molar refractivity (Wildman–Crippen MR) is 92.3 cm³/mol. The number of para-hydroxylation sites is 1. The van der Waals surface area contributed by atoms with Crippen molar-refractivity contribution in [1.29, 1.82) is 0 Å². The highest BCUT2D eigenvalue weighted by Gasteiger charge is 2.30. The highest BCUT2D eigenvalue weighted by atomic mass is 19.4. The highest BCUT2D eigenvalue weighted by Crippen LogP contribution is 2.31. The molecule has 132 valence electrons. The molecule has 0 heterocycles. The molecule has 25 heavy (non-hydrogen) atoms. The number of aliphatic imine (C=N–C) groups is 2. The van der Waals surface area contributed by atoms with Crippen LogP contribution in [0.15, 0.2) is 58.5 Å². The zero-order valence-corrected chi connectivity index (χ0v) is 13.2. The van der Waals surface area contributed by atoms with Gasteiger partial charge in [-0.3, -0.25) is 4.99 Å². The van der Waals surface area contributed by atoms with Crippen LogP contribution in [-0.4, -0.2) is 30.4 Å². The molecular formula is C17H17F3N4O. The zero-order valence-electron chi connectivity index (χ0n) is 13.2. The summed E-state index contributed by atoms with van der Waals surface area (Å²) in [5, 5.41) is 11.6. The van der Waals surface area contributed by atoms with Crippen molar-refractivity contribution in [3.8, 4) is 0 Å². The van der Waals surface area contributed by atoms with Crippen LogP contribution < -0.4 is 11.1 Å². The molecule has 0 radical (unpaired) electrons. The Bertz CT molecular complexity index is 772. The van der Waals surface area contributed by atoms with Gasteiger partial charge in [0.15, 0.2) is 0 Å². The fourth-order valence-corrected chi connectivity index (χ4v) is 2.03. The molecule has 8 heteroatoms. The van der Waals surface area contributed by atoms with Gasteiger partial charge in [-0.25, -0.2) is 4.99 Å². The number of hydrogen-bond donors (Lipinski definition) is 3. The Balaban J connectivity index is 2.27. The number of nitrogens with zero attached hydrogens (tertiary/aromatic N) is 2. The third-order valence-electron chi connectivity index (χ3n) is 3.18. The Labute approximate surface area is 142 Å². The second-order valence-corrected chi connectivity index (χ2v) is 5.01. The van der Waals surface area contributed by atoms with Gasteiger partial charge in [-0.2, -0.15) is 13.2 Å². The monoisotopic (exact) mass is 350 g/mol. The van der Waals surface area contributed by atoms with Gasteiger partial charge in [-0.1, -0.05) is 18.2 Å². The van der Waals surface area contributed by atoms with Crippen molar-refractivity contribution in [2.75, 3.05) is 18.5 Å². The molecular weight excluding hydrogens is 333 g/mol. The molecule has 0 aliphatic rings. The molecule has 4 N–H and O–H groups in total. The van der Waals surface area contributed by atoms with E-state index in [1.165, 1.54) is 18.5 Å². The lowest BCUT2D eigenvalue weighted by atomic mass is 10.1. The molecule has 0 aliphatic heterocycles.